The van der Waals surface area contributed by atoms with Crippen molar-refractivity contribution >= 4 is 34.3 Å². The largest absolute Gasteiger partial charge is 0.316 e. The molecule has 100 valence electrons. The highest BCUT2D eigenvalue weighted by molar-refractivity contribution is 6.10. The lowest BCUT2D eigenvalue weighted by molar-refractivity contribution is 0.112. The van der Waals surface area contributed by atoms with Crippen molar-refractivity contribution in [2.75, 3.05) is 0 Å². The molecule has 0 amide bonds. The predicted octanol–water partition coefficient (Wildman–Crippen LogP) is 4.88. The van der Waals surface area contributed by atoms with Crippen molar-refractivity contribution in [2.45, 2.75) is 19.8 Å². The summed E-state index contributed by atoms with van der Waals surface area (Å²) >= 11 is 0. The number of fused-ring (bicyclic) bond motifs is 3. The Bertz CT molecular complexity index is 796. The summed E-state index contributed by atoms with van der Waals surface area (Å²) in [6.07, 6.45) is 7.44. The fraction of sp³-hybridized carbons (Fsp3) is 0.167. The number of hydrogen-bond donors (Lipinski definition) is 0. The van der Waals surface area contributed by atoms with Crippen molar-refractivity contribution in [3.63, 3.8) is 0 Å². The highest BCUT2D eigenvalue weighted by Crippen LogP contribution is 2.29. The van der Waals surface area contributed by atoms with Crippen LogP contribution in [0.4, 0.5) is 0 Å². The van der Waals surface area contributed by atoms with E-state index in [4.69, 9.17) is 0 Å². The Hall–Kier alpha value is -2.35. The number of carbonyl (C=O) groups is 1. The van der Waals surface area contributed by atoms with Gasteiger partial charge in [0.05, 0.1) is 11.0 Å². The van der Waals surface area contributed by atoms with Gasteiger partial charge in [-0.3, -0.25) is 4.79 Å². The third-order valence-electron chi connectivity index (χ3n) is 3.58. The lowest BCUT2D eigenvalue weighted by atomic mass is 10.1. The van der Waals surface area contributed by atoms with Crippen LogP contribution < -0.4 is 0 Å². The summed E-state index contributed by atoms with van der Waals surface area (Å²) in [5, 5.41) is 2.32. The molecule has 2 heteroatoms. The molecule has 0 spiro atoms. The third-order valence-corrected chi connectivity index (χ3v) is 3.58. The molecule has 0 N–H and O–H groups in total. The molecular weight excluding hydrogens is 246 g/mol. The maximum Gasteiger partial charge on any atom is 0.150 e. The minimum Gasteiger partial charge on any atom is -0.316 e. The molecule has 1 heterocycles. The molecular formula is C18H17NO. The molecule has 2 nitrogen and oxygen atoms in total. The van der Waals surface area contributed by atoms with E-state index in [0.717, 1.165) is 35.6 Å². The molecule has 0 saturated carbocycles. The number of allylic oxidation sites excluding steroid dienone is 1. The van der Waals surface area contributed by atoms with Crippen LogP contribution in [0.1, 0.15) is 30.1 Å². The molecule has 0 radical (unpaired) electrons. The number of aromatic nitrogens is 1. The Morgan fingerprint density at radius 2 is 1.85 bits per heavy atom. The van der Waals surface area contributed by atoms with Crippen molar-refractivity contribution in [3.8, 4) is 0 Å². The van der Waals surface area contributed by atoms with E-state index in [1.165, 1.54) is 10.9 Å². The van der Waals surface area contributed by atoms with Gasteiger partial charge in [-0.05, 0) is 30.7 Å². The maximum absolute atomic E-state index is 11.0. The zero-order valence-electron chi connectivity index (χ0n) is 11.5. The van der Waals surface area contributed by atoms with E-state index < -0.39 is 0 Å². The summed E-state index contributed by atoms with van der Waals surface area (Å²) < 4.78 is 2.20. The standard InChI is InChI=1S/C18H17NO/c1-2-3-6-11-19-17-8-5-4-7-15(17)16-12-14(13-20)9-10-18(16)19/h4-13H,2-3H2,1H3. The van der Waals surface area contributed by atoms with Crippen molar-refractivity contribution in [3.05, 3.63) is 54.1 Å². The fourth-order valence-electron chi connectivity index (χ4n) is 2.60. The van der Waals surface area contributed by atoms with Crippen LogP contribution in [-0.4, -0.2) is 10.9 Å². The van der Waals surface area contributed by atoms with Crippen LogP contribution in [0.25, 0.3) is 28.0 Å². The number of nitrogens with zero attached hydrogens (tertiary/aromatic N) is 1. The number of hydrogen-bond acceptors (Lipinski definition) is 1. The second kappa shape index (κ2) is 5.33. The van der Waals surface area contributed by atoms with Crippen LogP contribution in [0.2, 0.25) is 0 Å². The zero-order chi connectivity index (χ0) is 13.9. The molecule has 0 aliphatic carbocycles. The first kappa shape index (κ1) is 12.7. The minimum atomic E-state index is 0.720. The maximum atomic E-state index is 11.0. The Labute approximate surface area is 118 Å². The van der Waals surface area contributed by atoms with Gasteiger partial charge in [0.15, 0.2) is 0 Å². The van der Waals surface area contributed by atoms with E-state index in [1.54, 1.807) is 0 Å². The number of rotatable bonds is 4. The number of carbonyl (C=O) groups excluding carboxylic acids is 1. The summed E-state index contributed by atoms with van der Waals surface area (Å²) in [5.41, 5.74) is 3.04. The average molecular weight is 263 g/mol. The molecule has 0 fully saturated rings. The van der Waals surface area contributed by atoms with E-state index in [2.05, 4.69) is 35.9 Å². The molecule has 2 aromatic carbocycles. The predicted molar refractivity (Wildman–Crippen MR) is 85.1 cm³/mol. The van der Waals surface area contributed by atoms with Crippen LogP contribution in [0, 0.1) is 0 Å². The Balaban J connectivity index is 2.32. The summed E-state index contributed by atoms with van der Waals surface area (Å²) in [6, 6.07) is 14.2. The van der Waals surface area contributed by atoms with E-state index in [-0.39, 0.29) is 0 Å². The van der Waals surface area contributed by atoms with Gasteiger partial charge in [-0.2, -0.15) is 0 Å². The SMILES string of the molecule is CCCC=Cn1c2ccccc2c2cc(C=O)ccc21. The zero-order valence-corrected chi connectivity index (χ0v) is 11.5. The smallest absolute Gasteiger partial charge is 0.150 e. The quantitative estimate of drug-likeness (QED) is 0.615. The van der Waals surface area contributed by atoms with Gasteiger partial charge in [0.25, 0.3) is 0 Å². The Kier molecular flexibility index (Phi) is 3.38. The van der Waals surface area contributed by atoms with Gasteiger partial charge in [0.2, 0.25) is 0 Å². The van der Waals surface area contributed by atoms with E-state index in [1.807, 2.05) is 30.3 Å². The first-order valence-electron chi connectivity index (χ1n) is 6.99. The van der Waals surface area contributed by atoms with E-state index >= 15 is 0 Å². The van der Waals surface area contributed by atoms with Gasteiger partial charge in [-0.1, -0.05) is 37.6 Å². The van der Waals surface area contributed by atoms with Gasteiger partial charge < -0.3 is 4.57 Å². The average Bonchev–Trinajstić information content (AvgIpc) is 2.81. The van der Waals surface area contributed by atoms with Gasteiger partial charge in [0, 0.05) is 22.5 Å². The van der Waals surface area contributed by atoms with E-state index in [0.29, 0.717) is 0 Å². The van der Waals surface area contributed by atoms with Gasteiger partial charge in [0.1, 0.15) is 6.29 Å². The molecule has 1 aromatic heterocycles. The molecule has 3 aromatic rings. The number of benzene rings is 2. The van der Waals surface area contributed by atoms with E-state index in [9.17, 15) is 4.79 Å². The summed E-state index contributed by atoms with van der Waals surface area (Å²) in [4.78, 5) is 11.0. The molecule has 0 saturated heterocycles. The van der Waals surface area contributed by atoms with Crippen LogP contribution in [0.3, 0.4) is 0 Å². The molecule has 3 rings (SSSR count). The number of para-hydroxylation sites is 1. The first-order valence-corrected chi connectivity index (χ1v) is 6.99. The number of unbranched alkanes of at least 4 members (excludes halogenated alkanes) is 1. The Morgan fingerprint density at radius 1 is 1.05 bits per heavy atom. The van der Waals surface area contributed by atoms with Crippen molar-refractivity contribution in [1.29, 1.82) is 0 Å². The van der Waals surface area contributed by atoms with Crippen LogP contribution in [-0.2, 0) is 0 Å². The molecule has 0 unspecified atom stereocenters. The fourth-order valence-corrected chi connectivity index (χ4v) is 2.60. The highest BCUT2D eigenvalue weighted by Gasteiger charge is 2.08. The summed E-state index contributed by atoms with van der Waals surface area (Å²) in [5.74, 6) is 0. The van der Waals surface area contributed by atoms with Crippen molar-refractivity contribution < 1.29 is 4.79 Å². The van der Waals surface area contributed by atoms with Crippen molar-refractivity contribution in [2.24, 2.45) is 0 Å². The van der Waals surface area contributed by atoms with Gasteiger partial charge >= 0.3 is 0 Å². The molecule has 0 bridgehead atoms. The summed E-state index contributed by atoms with van der Waals surface area (Å²) in [6.45, 7) is 2.17. The molecule has 0 aliphatic rings. The summed E-state index contributed by atoms with van der Waals surface area (Å²) in [7, 11) is 0. The lowest BCUT2D eigenvalue weighted by Crippen LogP contribution is -1.86. The normalized spacial score (nSPS) is 11.7. The van der Waals surface area contributed by atoms with Gasteiger partial charge in [-0.15, -0.1) is 0 Å². The second-order valence-electron chi connectivity index (χ2n) is 4.96. The molecule has 20 heavy (non-hydrogen) atoms. The third kappa shape index (κ3) is 2.03. The lowest BCUT2D eigenvalue weighted by Gasteiger charge is -2.00. The highest BCUT2D eigenvalue weighted by atomic mass is 16.1. The molecule has 0 aliphatic heterocycles. The monoisotopic (exact) mass is 263 g/mol. The van der Waals surface area contributed by atoms with Crippen molar-refractivity contribution in [1.82, 2.24) is 4.57 Å². The molecule has 0 atom stereocenters. The topological polar surface area (TPSA) is 22.0 Å². The first-order chi connectivity index (χ1) is 9.85. The van der Waals surface area contributed by atoms with Gasteiger partial charge in [-0.25, -0.2) is 0 Å². The van der Waals surface area contributed by atoms with Crippen LogP contribution in [0.5, 0.6) is 0 Å². The number of aldehydes is 1. The van der Waals surface area contributed by atoms with Crippen LogP contribution >= 0.6 is 0 Å². The Morgan fingerprint density at radius 3 is 2.65 bits per heavy atom. The van der Waals surface area contributed by atoms with Crippen LogP contribution in [0.15, 0.2) is 48.5 Å². The minimum absolute atomic E-state index is 0.720. The second-order valence-corrected chi connectivity index (χ2v) is 4.96.